The van der Waals surface area contributed by atoms with Gasteiger partial charge >= 0.3 is 6.09 Å². The van der Waals surface area contributed by atoms with E-state index in [4.69, 9.17) is 22.2 Å². The summed E-state index contributed by atoms with van der Waals surface area (Å²) in [5.74, 6) is 2.64. The van der Waals surface area contributed by atoms with E-state index in [0.717, 1.165) is 37.3 Å². The zero-order valence-corrected chi connectivity index (χ0v) is 17.8. The highest BCUT2D eigenvalue weighted by molar-refractivity contribution is 6.04. The second-order valence-corrected chi connectivity index (χ2v) is 8.86. The maximum absolute atomic E-state index is 12.7. The second kappa shape index (κ2) is 7.20. The Labute approximate surface area is 178 Å². The van der Waals surface area contributed by atoms with Gasteiger partial charge in [-0.3, -0.25) is 0 Å². The molecular weight excluding hydrogens is 381 g/mol. The van der Waals surface area contributed by atoms with Crippen LogP contribution in [0.5, 0.6) is 11.5 Å². The van der Waals surface area contributed by atoms with Crippen LogP contribution in [0.2, 0.25) is 0 Å². The molecule has 1 saturated heterocycles. The van der Waals surface area contributed by atoms with Crippen molar-refractivity contribution >= 4 is 14.1 Å². The summed E-state index contributed by atoms with van der Waals surface area (Å²) in [7, 11) is 10.9. The first-order valence-corrected chi connectivity index (χ1v) is 10.6. The third kappa shape index (κ3) is 2.63. The normalized spacial score (nSPS) is 30.8. The molecule has 7 nitrogen and oxygen atoms in total. The summed E-state index contributed by atoms with van der Waals surface area (Å²) >= 11 is 0. The lowest BCUT2D eigenvalue weighted by atomic mass is 9.53. The molecule has 1 aromatic carbocycles. The number of hydrogen-bond acceptors (Lipinski definition) is 6. The van der Waals surface area contributed by atoms with E-state index in [9.17, 15) is 4.79 Å². The number of ether oxygens (including phenoxy) is 3. The quantitative estimate of drug-likeness (QED) is 0.746. The van der Waals surface area contributed by atoms with Gasteiger partial charge in [-0.15, -0.1) is 0 Å². The topological polar surface area (TPSA) is 63.3 Å². The highest BCUT2D eigenvalue weighted by Crippen LogP contribution is 2.63. The van der Waals surface area contributed by atoms with Gasteiger partial charge in [-0.2, -0.15) is 0 Å². The standard InChI is InChI=1S/C22H28BN3O4/c1-25-10-8-22-14-5-7-17(29-21(27)26(2)11-9-24-23)20(22)30-19-16(28-3)6-4-13(18(19)22)12-15(14)25/h4,6-7,14-15,20,24H,5,8-12H2,1-3H3/t14?,15-,20?,22+/m1/s1. The molecule has 1 aromatic rings. The maximum Gasteiger partial charge on any atom is 0.414 e. The largest absolute Gasteiger partial charge is 0.493 e. The lowest BCUT2D eigenvalue weighted by Crippen LogP contribution is -2.63. The lowest BCUT2D eigenvalue weighted by Gasteiger charge is -2.56. The predicted molar refractivity (Wildman–Crippen MR) is 113 cm³/mol. The molecule has 0 aromatic heterocycles. The Hall–Kier alpha value is -2.19. The number of likely N-dealkylation sites (tertiary alicyclic amines) is 1. The Morgan fingerprint density at radius 3 is 3.07 bits per heavy atom. The van der Waals surface area contributed by atoms with Crippen LogP contribution in [-0.2, 0) is 16.6 Å². The van der Waals surface area contributed by atoms with Gasteiger partial charge in [0.15, 0.2) is 25.6 Å². The highest BCUT2D eigenvalue weighted by Gasteiger charge is 2.64. The van der Waals surface area contributed by atoms with Crippen LogP contribution in [0.1, 0.15) is 24.0 Å². The molecule has 0 saturated carbocycles. The van der Waals surface area contributed by atoms with Crippen LogP contribution in [0.15, 0.2) is 24.0 Å². The molecule has 2 unspecified atom stereocenters. The van der Waals surface area contributed by atoms with E-state index in [0.29, 0.717) is 30.8 Å². The number of rotatable bonds is 5. The fourth-order valence-electron chi connectivity index (χ4n) is 6.07. The van der Waals surface area contributed by atoms with E-state index < -0.39 is 6.09 Å². The SMILES string of the molecule is [B]NCCN(C)C(=O)OC1=CCC2[C@H]3Cc4ccc(OC)c5c4[C@@]2(CCN3C)C1O5. The Balaban J connectivity index is 1.54. The van der Waals surface area contributed by atoms with Crippen LogP contribution in [0.4, 0.5) is 4.79 Å². The van der Waals surface area contributed by atoms with Crippen molar-refractivity contribution in [2.45, 2.75) is 36.8 Å². The van der Waals surface area contributed by atoms with Gasteiger partial charge in [0, 0.05) is 37.2 Å². The van der Waals surface area contributed by atoms with E-state index in [-0.39, 0.29) is 11.5 Å². The molecule has 30 heavy (non-hydrogen) atoms. The molecule has 4 atom stereocenters. The first kappa shape index (κ1) is 19.8. The fraction of sp³-hybridized carbons (Fsp3) is 0.591. The van der Waals surface area contributed by atoms with E-state index in [2.05, 4.69) is 29.3 Å². The summed E-state index contributed by atoms with van der Waals surface area (Å²) in [6.45, 7) is 1.96. The van der Waals surface area contributed by atoms with E-state index in [1.54, 1.807) is 14.2 Å². The van der Waals surface area contributed by atoms with Gasteiger partial charge in [0.2, 0.25) is 0 Å². The van der Waals surface area contributed by atoms with Gasteiger partial charge in [-0.25, -0.2) is 4.79 Å². The van der Waals surface area contributed by atoms with Crippen molar-refractivity contribution in [3.8, 4) is 11.5 Å². The number of likely N-dealkylation sites (N-methyl/N-ethyl adjacent to an activating group) is 2. The molecule has 1 spiro atoms. The van der Waals surface area contributed by atoms with Crippen LogP contribution >= 0.6 is 0 Å². The number of benzene rings is 1. The molecule has 2 heterocycles. The minimum atomic E-state index is -0.390. The monoisotopic (exact) mass is 409 g/mol. The minimum absolute atomic E-state index is 0.170. The highest BCUT2D eigenvalue weighted by atomic mass is 16.6. The number of piperidine rings is 1. The van der Waals surface area contributed by atoms with Crippen molar-refractivity contribution in [2.24, 2.45) is 5.92 Å². The molecular formula is C22H28BN3O4. The predicted octanol–water partition coefficient (Wildman–Crippen LogP) is 1.60. The minimum Gasteiger partial charge on any atom is -0.493 e. The molecule has 8 heteroatoms. The number of nitrogens with one attached hydrogen (secondary N) is 1. The summed E-state index contributed by atoms with van der Waals surface area (Å²) < 4.78 is 18.1. The summed E-state index contributed by atoms with van der Waals surface area (Å²) in [6, 6.07) is 4.65. The number of amides is 1. The number of carbonyl (C=O) groups excluding carboxylic acids is 1. The smallest absolute Gasteiger partial charge is 0.414 e. The Kier molecular flexibility index (Phi) is 4.74. The van der Waals surface area contributed by atoms with Gasteiger partial charge in [0.1, 0.15) is 5.76 Å². The van der Waals surface area contributed by atoms with Crippen molar-refractivity contribution in [3.63, 3.8) is 0 Å². The third-order valence-corrected chi connectivity index (χ3v) is 7.54. The van der Waals surface area contributed by atoms with Crippen molar-refractivity contribution in [1.82, 2.24) is 15.0 Å². The van der Waals surface area contributed by atoms with Gasteiger partial charge < -0.3 is 29.2 Å². The average Bonchev–Trinajstić information content (AvgIpc) is 3.10. The van der Waals surface area contributed by atoms with Crippen LogP contribution in [-0.4, -0.2) is 76.9 Å². The third-order valence-electron chi connectivity index (χ3n) is 7.54. The van der Waals surface area contributed by atoms with Gasteiger partial charge in [-0.05, 0) is 56.5 Å². The maximum atomic E-state index is 12.7. The fourth-order valence-corrected chi connectivity index (χ4v) is 6.07. The average molecular weight is 409 g/mol. The van der Waals surface area contributed by atoms with Gasteiger partial charge in [0.05, 0.1) is 7.11 Å². The molecule has 1 fully saturated rings. The van der Waals surface area contributed by atoms with Crippen LogP contribution < -0.4 is 14.7 Å². The second-order valence-electron chi connectivity index (χ2n) is 8.86. The van der Waals surface area contributed by atoms with E-state index in [1.807, 2.05) is 6.07 Å². The van der Waals surface area contributed by atoms with E-state index in [1.165, 1.54) is 16.0 Å². The first-order chi connectivity index (χ1) is 14.5. The zero-order valence-electron chi connectivity index (χ0n) is 17.8. The van der Waals surface area contributed by atoms with Gasteiger partial charge in [0.25, 0.3) is 0 Å². The molecule has 1 amide bonds. The summed E-state index contributed by atoms with van der Waals surface area (Å²) in [5, 5.41) is 2.56. The van der Waals surface area contributed by atoms with Gasteiger partial charge in [-0.1, -0.05) is 6.07 Å². The lowest BCUT2D eigenvalue weighted by molar-refractivity contribution is -0.0259. The number of nitrogens with zero attached hydrogens (tertiary/aromatic N) is 2. The molecule has 2 radical (unpaired) electrons. The van der Waals surface area contributed by atoms with Crippen molar-refractivity contribution < 1.29 is 19.0 Å². The zero-order chi connectivity index (χ0) is 21.0. The van der Waals surface area contributed by atoms with Crippen LogP contribution in [0.3, 0.4) is 0 Å². The summed E-state index contributed by atoms with van der Waals surface area (Å²) in [5.41, 5.74) is 2.44. The molecule has 158 valence electrons. The number of carbonyl (C=O) groups is 1. The number of allylic oxidation sites excluding steroid dienone is 1. The van der Waals surface area contributed by atoms with Crippen LogP contribution in [0.25, 0.3) is 0 Å². The number of methoxy groups -OCH3 is 1. The van der Waals surface area contributed by atoms with E-state index >= 15 is 0 Å². The molecule has 2 aliphatic heterocycles. The Morgan fingerprint density at radius 2 is 2.30 bits per heavy atom. The Bertz CT molecular complexity index is 907. The summed E-state index contributed by atoms with van der Waals surface area (Å²) in [4.78, 5) is 16.7. The van der Waals surface area contributed by atoms with Crippen molar-refractivity contribution in [1.29, 1.82) is 0 Å². The van der Waals surface area contributed by atoms with Crippen molar-refractivity contribution in [3.05, 3.63) is 35.1 Å². The molecule has 5 rings (SSSR count). The molecule has 1 N–H and O–H groups in total. The summed E-state index contributed by atoms with van der Waals surface area (Å²) in [6.07, 6.45) is 4.24. The molecule has 2 bridgehead atoms. The van der Waals surface area contributed by atoms with Crippen LogP contribution in [0, 0.1) is 5.92 Å². The number of hydrogen-bond donors (Lipinski definition) is 1. The Morgan fingerprint density at radius 1 is 1.47 bits per heavy atom. The molecule has 4 aliphatic rings. The first-order valence-electron chi connectivity index (χ1n) is 10.6. The molecule has 2 aliphatic carbocycles. The van der Waals surface area contributed by atoms with Crippen molar-refractivity contribution in [2.75, 3.05) is 40.8 Å².